The molecule has 3 heterocycles. The van der Waals surface area contributed by atoms with Crippen molar-refractivity contribution in [3.8, 4) is 5.75 Å². The van der Waals surface area contributed by atoms with Gasteiger partial charge in [0.1, 0.15) is 17.0 Å². The van der Waals surface area contributed by atoms with Gasteiger partial charge in [-0.15, -0.1) is 0 Å². The first kappa shape index (κ1) is 22.2. The van der Waals surface area contributed by atoms with Crippen molar-refractivity contribution in [3.63, 3.8) is 0 Å². The minimum atomic E-state index is -1.35. The first-order valence-electron chi connectivity index (χ1n) is 11.7. The molecule has 4 atom stereocenters. The van der Waals surface area contributed by atoms with Crippen LogP contribution in [0.5, 0.6) is 5.75 Å². The Labute approximate surface area is 207 Å². The lowest BCUT2D eigenvalue weighted by Crippen LogP contribution is -2.51. The summed E-state index contributed by atoms with van der Waals surface area (Å²) >= 11 is 0. The SMILES string of the molecule is COc1ccc2c(c1)C=C[C@H]1N2[C@@H](C(C)=O)[C@H](C(=O)c2ccc(F)cc2)[C@@]12C(=O)Nc1ccccc12. The maximum absolute atomic E-state index is 14.2. The van der Waals surface area contributed by atoms with Crippen LogP contribution in [0.2, 0.25) is 0 Å². The van der Waals surface area contributed by atoms with Crippen molar-refractivity contribution in [2.75, 3.05) is 17.3 Å². The highest BCUT2D eigenvalue weighted by Crippen LogP contribution is 2.57. The number of halogens is 1. The number of ether oxygens (including phenoxy) is 1. The Morgan fingerprint density at radius 2 is 1.81 bits per heavy atom. The fourth-order valence-corrected chi connectivity index (χ4v) is 6.23. The number of nitrogens with one attached hydrogen (secondary N) is 1. The summed E-state index contributed by atoms with van der Waals surface area (Å²) in [5, 5.41) is 2.97. The molecule has 180 valence electrons. The molecule has 6 rings (SSSR count). The van der Waals surface area contributed by atoms with E-state index in [1.165, 1.54) is 31.2 Å². The predicted octanol–water partition coefficient (Wildman–Crippen LogP) is 4.40. The van der Waals surface area contributed by atoms with Crippen LogP contribution in [0.25, 0.3) is 6.08 Å². The predicted molar refractivity (Wildman–Crippen MR) is 134 cm³/mol. The summed E-state index contributed by atoms with van der Waals surface area (Å²) in [6.45, 7) is 1.45. The largest absolute Gasteiger partial charge is 0.497 e. The number of rotatable bonds is 4. The number of anilines is 2. The average Bonchev–Trinajstić information content (AvgIpc) is 3.36. The second kappa shape index (κ2) is 7.88. The van der Waals surface area contributed by atoms with Crippen molar-refractivity contribution >= 4 is 34.9 Å². The van der Waals surface area contributed by atoms with E-state index in [1.807, 2.05) is 47.4 Å². The number of nitrogens with zero attached hydrogens (tertiary/aromatic N) is 1. The number of para-hydroxylation sites is 1. The Balaban J connectivity index is 1.64. The number of carbonyl (C=O) groups is 3. The topological polar surface area (TPSA) is 75.7 Å². The van der Waals surface area contributed by atoms with E-state index in [0.717, 1.165) is 11.3 Å². The van der Waals surface area contributed by atoms with Crippen molar-refractivity contribution in [2.45, 2.75) is 24.4 Å². The third-order valence-corrected chi connectivity index (χ3v) is 7.67. The Morgan fingerprint density at radius 1 is 1.06 bits per heavy atom. The highest BCUT2D eigenvalue weighted by molar-refractivity contribution is 6.16. The van der Waals surface area contributed by atoms with Crippen LogP contribution in [-0.4, -0.2) is 36.7 Å². The molecule has 1 amide bonds. The van der Waals surface area contributed by atoms with Gasteiger partial charge in [0.25, 0.3) is 0 Å². The third kappa shape index (κ3) is 2.86. The van der Waals surface area contributed by atoms with E-state index in [9.17, 15) is 18.8 Å². The number of ketones is 2. The molecule has 0 radical (unpaired) electrons. The Bertz CT molecular complexity index is 1460. The van der Waals surface area contributed by atoms with Crippen LogP contribution in [0.4, 0.5) is 15.8 Å². The maximum atomic E-state index is 14.2. The zero-order valence-corrected chi connectivity index (χ0v) is 19.7. The van der Waals surface area contributed by atoms with Gasteiger partial charge in [-0.3, -0.25) is 14.4 Å². The van der Waals surface area contributed by atoms with Crippen molar-refractivity contribution in [1.29, 1.82) is 0 Å². The Kier molecular flexibility index (Phi) is 4.86. The van der Waals surface area contributed by atoms with E-state index in [0.29, 0.717) is 17.0 Å². The molecule has 0 bridgehead atoms. The van der Waals surface area contributed by atoms with E-state index in [1.54, 1.807) is 19.2 Å². The number of Topliss-reactive ketones (excluding diaryl/α,β-unsaturated/α-hetero) is 2. The molecular weight excluding hydrogens is 459 g/mol. The van der Waals surface area contributed by atoms with Crippen LogP contribution in [0.1, 0.15) is 28.4 Å². The molecule has 3 aromatic carbocycles. The standard InChI is InChI=1S/C29H23FN2O4/c1-16(33)26-25(27(34)17-7-10-19(30)11-8-17)29(21-5-3-4-6-22(21)31-28(29)35)24-14-9-18-15-20(36-2)12-13-23(18)32(24)26/h3-15,24-26H,1-2H3,(H,31,35)/t24-,25-,26+,29+/m1/s1. The van der Waals surface area contributed by atoms with E-state index in [-0.39, 0.29) is 23.0 Å². The van der Waals surface area contributed by atoms with E-state index >= 15 is 0 Å². The molecule has 0 aliphatic carbocycles. The lowest BCUT2D eigenvalue weighted by atomic mass is 9.64. The first-order chi connectivity index (χ1) is 17.4. The van der Waals surface area contributed by atoms with Crippen LogP contribution >= 0.6 is 0 Å². The van der Waals surface area contributed by atoms with E-state index < -0.39 is 29.2 Å². The van der Waals surface area contributed by atoms with Crippen LogP contribution in [-0.2, 0) is 15.0 Å². The van der Waals surface area contributed by atoms with Crippen molar-refractivity contribution in [3.05, 3.63) is 95.3 Å². The number of carbonyl (C=O) groups excluding carboxylic acids is 3. The summed E-state index contributed by atoms with van der Waals surface area (Å²) in [7, 11) is 1.58. The molecule has 1 saturated heterocycles. The highest BCUT2D eigenvalue weighted by Gasteiger charge is 2.69. The van der Waals surface area contributed by atoms with Crippen molar-refractivity contribution in [1.82, 2.24) is 0 Å². The molecule has 3 aliphatic heterocycles. The molecule has 0 saturated carbocycles. The lowest BCUT2D eigenvalue weighted by molar-refractivity contribution is -0.122. The highest BCUT2D eigenvalue weighted by atomic mass is 19.1. The minimum Gasteiger partial charge on any atom is -0.497 e. The van der Waals surface area contributed by atoms with Crippen LogP contribution in [0.15, 0.2) is 72.8 Å². The average molecular weight is 483 g/mol. The molecule has 7 heteroatoms. The molecule has 1 fully saturated rings. The molecule has 3 aliphatic rings. The maximum Gasteiger partial charge on any atom is 0.238 e. The number of hydrogen-bond acceptors (Lipinski definition) is 5. The third-order valence-electron chi connectivity index (χ3n) is 7.67. The van der Waals surface area contributed by atoms with Gasteiger partial charge in [-0.25, -0.2) is 4.39 Å². The number of methoxy groups -OCH3 is 1. The van der Waals surface area contributed by atoms with Gasteiger partial charge < -0.3 is 15.0 Å². The number of benzene rings is 3. The zero-order valence-electron chi connectivity index (χ0n) is 19.7. The molecule has 36 heavy (non-hydrogen) atoms. The lowest BCUT2D eigenvalue weighted by Gasteiger charge is -2.37. The summed E-state index contributed by atoms with van der Waals surface area (Å²) in [4.78, 5) is 43.5. The second-order valence-corrected chi connectivity index (χ2v) is 9.41. The van der Waals surface area contributed by atoms with Crippen molar-refractivity contribution in [2.24, 2.45) is 5.92 Å². The Hall–Kier alpha value is -4.26. The molecule has 0 aromatic heterocycles. The van der Waals surface area contributed by atoms with Crippen LogP contribution in [0, 0.1) is 11.7 Å². The summed E-state index contributed by atoms with van der Waals surface area (Å²) < 4.78 is 19.1. The normalized spacial score (nSPS) is 25.2. The Morgan fingerprint density at radius 3 is 2.53 bits per heavy atom. The zero-order chi connectivity index (χ0) is 25.2. The second-order valence-electron chi connectivity index (χ2n) is 9.41. The minimum absolute atomic E-state index is 0.230. The van der Waals surface area contributed by atoms with Crippen molar-refractivity contribution < 1.29 is 23.5 Å². The molecule has 1 N–H and O–H groups in total. The van der Waals surface area contributed by atoms with Crippen LogP contribution in [0.3, 0.4) is 0 Å². The monoisotopic (exact) mass is 482 g/mol. The molecule has 3 aromatic rings. The van der Waals surface area contributed by atoms with Gasteiger partial charge in [0.05, 0.1) is 25.1 Å². The smallest absolute Gasteiger partial charge is 0.238 e. The van der Waals surface area contributed by atoms with E-state index in [4.69, 9.17) is 4.74 Å². The molecular formula is C29H23FN2O4. The molecule has 6 nitrogen and oxygen atoms in total. The molecule has 1 spiro atoms. The summed E-state index contributed by atoms with van der Waals surface area (Å²) in [5.74, 6) is -1.78. The van der Waals surface area contributed by atoms with Gasteiger partial charge in [-0.05, 0) is 61.0 Å². The summed E-state index contributed by atoms with van der Waals surface area (Å²) in [6.07, 6.45) is 3.81. The fraction of sp³-hybridized carbons (Fsp3) is 0.207. The van der Waals surface area contributed by atoms with Gasteiger partial charge >= 0.3 is 0 Å². The van der Waals surface area contributed by atoms with Gasteiger partial charge in [0.15, 0.2) is 11.6 Å². The first-order valence-corrected chi connectivity index (χ1v) is 11.7. The van der Waals surface area contributed by atoms with Gasteiger partial charge in [0, 0.05) is 22.5 Å². The summed E-state index contributed by atoms with van der Waals surface area (Å²) in [6, 6.07) is 16.6. The summed E-state index contributed by atoms with van der Waals surface area (Å²) in [5.41, 5.74) is 1.77. The van der Waals surface area contributed by atoms with Gasteiger partial charge in [-0.1, -0.05) is 30.4 Å². The number of fused-ring (bicyclic) bond motifs is 6. The molecule has 0 unspecified atom stereocenters. The quantitative estimate of drug-likeness (QED) is 0.558. The van der Waals surface area contributed by atoms with E-state index in [2.05, 4.69) is 5.32 Å². The number of hydrogen-bond donors (Lipinski definition) is 1. The van der Waals surface area contributed by atoms with Crippen LogP contribution < -0.4 is 15.0 Å². The van der Waals surface area contributed by atoms with Gasteiger partial charge in [-0.2, -0.15) is 0 Å². The fourth-order valence-electron chi connectivity index (χ4n) is 6.23. The number of amides is 1. The van der Waals surface area contributed by atoms with Gasteiger partial charge in [0.2, 0.25) is 5.91 Å².